The first-order chi connectivity index (χ1) is 12.9. The van der Waals surface area contributed by atoms with Crippen molar-refractivity contribution in [3.8, 4) is 0 Å². The number of rotatable bonds is 4. The van der Waals surface area contributed by atoms with Crippen molar-refractivity contribution in [3.05, 3.63) is 62.0 Å². The number of aromatic amines is 1. The normalized spacial score (nSPS) is 11.4. The molecule has 0 fully saturated rings. The van der Waals surface area contributed by atoms with Crippen LogP contribution in [-0.2, 0) is 20.6 Å². The Hall–Kier alpha value is -2.85. The summed E-state index contributed by atoms with van der Waals surface area (Å²) in [4.78, 5) is 31.3. The molecule has 0 aliphatic heterocycles. The summed E-state index contributed by atoms with van der Waals surface area (Å²) in [6, 6.07) is 7.32. The maximum absolute atomic E-state index is 12.5. The van der Waals surface area contributed by atoms with Gasteiger partial charge in [0, 0.05) is 19.1 Å². The summed E-state index contributed by atoms with van der Waals surface area (Å²) in [6.07, 6.45) is 1.58. The number of H-pyrrole nitrogens is 1. The number of fused-ring (bicyclic) bond motifs is 1. The third-order valence-corrected chi connectivity index (χ3v) is 5.38. The van der Waals surface area contributed by atoms with E-state index in [1.54, 1.807) is 34.6 Å². The molecule has 9 nitrogen and oxygen atoms in total. The Labute approximate surface area is 161 Å². The minimum absolute atomic E-state index is 0.308. The van der Waals surface area contributed by atoms with Crippen LogP contribution in [0.15, 0.2) is 50.5 Å². The molecule has 0 spiro atoms. The summed E-state index contributed by atoms with van der Waals surface area (Å²) in [6.45, 7) is 0.384. The molecule has 0 aliphatic rings. The van der Waals surface area contributed by atoms with E-state index in [1.165, 1.54) is 16.3 Å². The molecule has 0 bridgehead atoms. The number of nitrogens with one attached hydrogen (secondary N) is 1. The van der Waals surface area contributed by atoms with Gasteiger partial charge in [0.1, 0.15) is 6.33 Å². The molecule has 0 amide bonds. The molecular formula is C16H14ClN7O2S. The summed E-state index contributed by atoms with van der Waals surface area (Å²) in [5.74, 6) is 0. The van der Waals surface area contributed by atoms with Crippen molar-refractivity contribution in [1.82, 2.24) is 33.9 Å². The number of hydrogen-bond donors (Lipinski definition) is 1. The van der Waals surface area contributed by atoms with Crippen LogP contribution in [0, 0.1) is 0 Å². The van der Waals surface area contributed by atoms with Crippen LogP contribution in [0.25, 0.3) is 11.2 Å². The van der Waals surface area contributed by atoms with E-state index >= 15 is 0 Å². The average molecular weight is 404 g/mol. The number of imidazole rings is 1. The largest absolute Gasteiger partial charge is 0.329 e. The lowest BCUT2D eigenvalue weighted by Crippen LogP contribution is -2.29. The molecule has 3 heterocycles. The fraction of sp³-hybridized carbons (Fsp3) is 0.188. The summed E-state index contributed by atoms with van der Waals surface area (Å²) >= 11 is 7.23. The van der Waals surface area contributed by atoms with Crippen LogP contribution in [0.3, 0.4) is 0 Å². The SMILES string of the molecule is Cn1cnnc1Sc1nc2c(c(=O)[nH]c(=O)n2C)n1Cc1ccc(Cl)cc1. The summed E-state index contributed by atoms with van der Waals surface area (Å²) < 4.78 is 4.83. The summed E-state index contributed by atoms with van der Waals surface area (Å²) in [7, 11) is 3.38. The molecule has 0 saturated heterocycles. The fourth-order valence-electron chi connectivity index (χ4n) is 2.66. The van der Waals surface area contributed by atoms with E-state index in [1.807, 2.05) is 19.2 Å². The van der Waals surface area contributed by atoms with Crippen LogP contribution in [-0.4, -0.2) is 33.9 Å². The van der Waals surface area contributed by atoms with Crippen molar-refractivity contribution in [3.63, 3.8) is 0 Å². The number of hydrogen-bond acceptors (Lipinski definition) is 6. The lowest BCUT2D eigenvalue weighted by atomic mass is 10.2. The minimum Gasteiger partial charge on any atom is -0.311 e. The highest BCUT2D eigenvalue weighted by Crippen LogP contribution is 2.28. The predicted molar refractivity (Wildman–Crippen MR) is 101 cm³/mol. The molecule has 4 aromatic rings. The molecule has 1 N–H and O–H groups in total. The number of benzene rings is 1. The number of halogens is 1. The first-order valence-corrected chi connectivity index (χ1v) is 9.09. The highest BCUT2D eigenvalue weighted by Gasteiger charge is 2.20. The highest BCUT2D eigenvalue weighted by atomic mass is 35.5. The van der Waals surface area contributed by atoms with Crippen LogP contribution in [0.5, 0.6) is 0 Å². The Morgan fingerprint density at radius 2 is 1.89 bits per heavy atom. The Balaban J connectivity index is 1.92. The average Bonchev–Trinajstić information content (AvgIpc) is 3.20. The molecule has 0 aliphatic carbocycles. The van der Waals surface area contributed by atoms with Gasteiger partial charge >= 0.3 is 5.69 Å². The molecule has 11 heteroatoms. The molecule has 138 valence electrons. The lowest BCUT2D eigenvalue weighted by molar-refractivity contribution is 0.719. The first kappa shape index (κ1) is 17.6. The van der Waals surface area contributed by atoms with Crippen LogP contribution in [0.4, 0.5) is 0 Å². The minimum atomic E-state index is -0.515. The smallest absolute Gasteiger partial charge is 0.311 e. The maximum atomic E-state index is 12.5. The van der Waals surface area contributed by atoms with Gasteiger partial charge in [0.05, 0.1) is 6.54 Å². The fourth-order valence-corrected chi connectivity index (χ4v) is 3.62. The van der Waals surface area contributed by atoms with Crippen molar-refractivity contribution in [2.75, 3.05) is 0 Å². The van der Waals surface area contributed by atoms with E-state index in [0.29, 0.717) is 33.0 Å². The van der Waals surface area contributed by atoms with Gasteiger partial charge in [-0.1, -0.05) is 23.7 Å². The number of aryl methyl sites for hydroxylation is 2. The van der Waals surface area contributed by atoms with Crippen molar-refractivity contribution in [2.24, 2.45) is 14.1 Å². The van der Waals surface area contributed by atoms with Gasteiger partial charge in [-0.25, -0.2) is 9.78 Å². The zero-order valence-corrected chi connectivity index (χ0v) is 16.0. The first-order valence-electron chi connectivity index (χ1n) is 7.90. The van der Waals surface area contributed by atoms with Crippen molar-refractivity contribution >= 4 is 34.5 Å². The van der Waals surface area contributed by atoms with E-state index in [0.717, 1.165) is 5.56 Å². The van der Waals surface area contributed by atoms with Crippen LogP contribution in [0.2, 0.25) is 5.02 Å². The molecule has 3 aromatic heterocycles. The van der Waals surface area contributed by atoms with E-state index < -0.39 is 11.2 Å². The Bertz CT molecular complexity index is 1250. The Morgan fingerprint density at radius 1 is 1.15 bits per heavy atom. The monoisotopic (exact) mass is 403 g/mol. The highest BCUT2D eigenvalue weighted by molar-refractivity contribution is 7.99. The van der Waals surface area contributed by atoms with E-state index in [2.05, 4.69) is 20.2 Å². The molecule has 0 saturated carbocycles. The zero-order valence-electron chi connectivity index (χ0n) is 14.4. The summed E-state index contributed by atoms with van der Waals surface area (Å²) in [5, 5.41) is 9.69. The molecule has 0 unspecified atom stereocenters. The zero-order chi connectivity index (χ0) is 19.1. The number of nitrogens with zero attached hydrogens (tertiary/aromatic N) is 6. The van der Waals surface area contributed by atoms with Gasteiger partial charge in [0.25, 0.3) is 5.56 Å². The third-order valence-electron chi connectivity index (χ3n) is 4.08. The predicted octanol–water partition coefficient (Wildman–Crippen LogP) is 1.40. The molecule has 1 aromatic carbocycles. The number of aromatic nitrogens is 7. The third kappa shape index (κ3) is 3.17. The van der Waals surface area contributed by atoms with Crippen molar-refractivity contribution in [2.45, 2.75) is 16.9 Å². The molecule has 0 radical (unpaired) electrons. The van der Waals surface area contributed by atoms with Crippen LogP contribution >= 0.6 is 23.4 Å². The van der Waals surface area contributed by atoms with Crippen LogP contribution in [0.1, 0.15) is 5.56 Å². The maximum Gasteiger partial charge on any atom is 0.329 e. The standard InChI is InChI=1S/C16H14ClN7O2S/c1-22-8-18-21-16(22)27-15-19-12-11(13(25)20-14(26)23(12)2)24(15)7-9-3-5-10(17)6-4-9/h3-6,8H,7H2,1-2H3,(H,20,25,26). The van der Waals surface area contributed by atoms with Gasteiger partial charge in [0.15, 0.2) is 21.5 Å². The van der Waals surface area contributed by atoms with E-state index in [-0.39, 0.29) is 0 Å². The lowest BCUT2D eigenvalue weighted by Gasteiger charge is -2.08. The molecular weight excluding hydrogens is 390 g/mol. The molecule has 0 atom stereocenters. The second kappa shape index (κ2) is 6.71. The topological polar surface area (TPSA) is 103 Å². The molecule has 27 heavy (non-hydrogen) atoms. The molecule has 4 rings (SSSR count). The van der Waals surface area contributed by atoms with Gasteiger partial charge < -0.3 is 9.13 Å². The van der Waals surface area contributed by atoms with E-state index in [4.69, 9.17) is 11.6 Å². The quantitative estimate of drug-likeness (QED) is 0.552. The second-order valence-electron chi connectivity index (χ2n) is 5.92. The Morgan fingerprint density at radius 3 is 2.56 bits per heavy atom. The van der Waals surface area contributed by atoms with Gasteiger partial charge in [-0.3, -0.25) is 14.3 Å². The van der Waals surface area contributed by atoms with Gasteiger partial charge in [0.2, 0.25) is 0 Å². The van der Waals surface area contributed by atoms with Crippen molar-refractivity contribution < 1.29 is 0 Å². The van der Waals surface area contributed by atoms with Gasteiger partial charge in [-0.15, -0.1) is 10.2 Å². The second-order valence-corrected chi connectivity index (χ2v) is 7.29. The van der Waals surface area contributed by atoms with E-state index in [9.17, 15) is 9.59 Å². The van der Waals surface area contributed by atoms with Gasteiger partial charge in [-0.2, -0.15) is 0 Å². The Kier molecular flexibility index (Phi) is 4.36. The van der Waals surface area contributed by atoms with Crippen molar-refractivity contribution in [1.29, 1.82) is 0 Å². The van der Waals surface area contributed by atoms with Gasteiger partial charge in [-0.05, 0) is 29.5 Å². The van der Waals surface area contributed by atoms with Crippen LogP contribution < -0.4 is 11.2 Å². The summed E-state index contributed by atoms with van der Waals surface area (Å²) in [5.41, 5.74) is 0.559.